The molecular formula is C28H30O9. The van der Waals surface area contributed by atoms with Crippen molar-refractivity contribution in [3.8, 4) is 23.0 Å². The van der Waals surface area contributed by atoms with Gasteiger partial charge >= 0.3 is 0 Å². The van der Waals surface area contributed by atoms with Gasteiger partial charge in [-0.05, 0) is 53.6 Å². The molecule has 0 radical (unpaired) electrons. The second-order valence-corrected chi connectivity index (χ2v) is 8.90. The van der Waals surface area contributed by atoms with Gasteiger partial charge in [0.2, 0.25) is 0 Å². The molecule has 9 heteroatoms. The predicted octanol–water partition coefficient (Wildman–Crippen LogP) is 2.76. The molecular weight excluding hydrogens is 480 g/mol. The molecule has 9 nitrogen and oxygen atoms in total. The van der Waals surface area contributed by atoms with Crippen LogP contribution in [0.1, 0.15) is 33.7 Å². The third-order valence-corrected chi connectivity index (χ3v) is 6.62. The number of hydrogen-bond donors (Lipinski definition) is 5. The molecule has 5 unspecified atom stereocenters. The zero-order valence-corrected chi connectivity index (χ0v) is 20.2. The lowest BCUT2D eigenvalue weighted by molar-refractivity contribution is -0.000438. The summed E-state index contributed by atoms with van der Waals surface area (Å²) in [6, 6.07) is 17.0. The number of aliphatic hydroxyl groups is 3. The van der Waals surface area contributed by atoms with E-state index in [9.17, 15) is 30.3 Å². The van der Waals surface area contributed by atoms with E-state index in [1.54, 1.807) is 18.2 Å². The molecule has 0 saturated carbocycles. The van der Waals surface area contributed by atoms with Crippen LogP contribution in [-0.2, 0) is 4.74 Å². The van der Waals surface area contributed by atoms with E-state index in [1.807, 2.05) is 0 Å². The molecule has 3 aromatic rings. The first kappa shape index (κ1) is 26.4. The van der Waals surface area contributed by atoms with Crippen LogP contribution in [0, 0.1) is 11.8 Å². The first-order valence-corrected chi connectivity index (χ1v) is 11.8. The van der Waals surface area contributed by atoms with Crippen molar-refractivity contribution in [1.82, 2.24) is 0 Å². The molecule has 1 heterocycles. The molecule has 1 fully saturated rings. The molecule has 5 N–H and O–H groups in total. The highest BCUT2D eigenvalue weighted by molar-refractivity contribution is 5.99. The normalized spacial score (nSPS) is 20.8. The van der Waals surface area contributed by atoms with Crippen molar-refractivity contribution in [3.05, 3.63) is 83.4 Å². The summed E-state index contributed by atoms with van der Waals surface area (Å²) >= 11 is 0. The van der Waals surface area contributed by atoms with Gasteiger partial charge in [-0.15, -0.1) is 0 Å². The molecule has 0 aromatic heterocycles. The van der Waals surface area contributed by atoms with Gasteiger partial charge in [0.25, 0.3) is 0 Å². The van der Waals surface area contributed by atoms with Crippen LogP contribution in [0.25, 0.3) is 0 Å². The Bertz CT molecular complexity index is 1190. The lowest BCUT2D eigenvalue weighted by Gasteiger charge is -2.24. The smallest absolute Gasteiger partial charge is 0.168 e. The van der Waals surface area contributed by atoms with Crippen molar-refractivity contribution >= 4 is 5.78 Å². The molecule has 0 aliphatic carbocycles. The number of aromatic hydroxyl groups is 2. The number of hydrogen-bond acceptors (Lipinski definition) is 9. The highest BCUT2D eigenvalue weighted by Gasteiger charge is 2.42. The van der Waals surface area contributed by atoms with Crippen molar-refractivity contribution in [3.63, 3.8) is 0 Å². The third kappa shape index (κ3) is 5.70. The summed E-state index contributed by atoms with van der Waals surface area (Å²) in [6.07, 6.45) is -2.71. The van der Waals surface area contributed by atoms with E-state index in [4.69, 9.17) is 14.2 Å². The largest absolute Gasteiger partial charge is 0.508 e. The number of phenols is 2. The van der Waals surface area contributed by atoms with Crippen LogP contribution < -0.4 is 9.47 Å². The number of ketones is 1. The lowest BCUT2D eigenvalue weighted by atomic mass is 9.83. The van der Waals surface area contributed by atoms with E-state index in [0.717, 1.165) is 5.56 Å². The molecule has 1 aliphatic rings. The fourth-order valence-corrected chi connectivity index (χ4v) is 4.55. The summed E-state index contributed by atoms with van der Waals surface area (Å²) in [4.78, 5) is 13.4. The van der Waals surface area contributed by atoms with Gasteiger partial charge < -0.3 is 39.7 Å². The van der Waals surface area contributed by atoms with Gasteiger partial charge in [0, 0.05) is 18.1 Å². The Morgan fingerprint density at radius 3 is 2.22 bits per heavy atom. The van der Waals surface area contributed by atoms with Crippen molar-refractivity contribution in [2.24, 2.45) is 11.8 Å². The molecule has 37 heavy (non-hydrogen) atoms. The van der Waals surface area contributed by atoms with Gasteiger partial charge in [0.15, 0.2) is 23.4 Å². The van der Waals surface area contributed by atoms with Gasteiger partial charge in [-0.3, -0.25) is 4.79 Å². The second kappa shape index (κ2) is 11.6. The number of benzene rings is 3. The van der Waals surface area contributed by atoms with Crippen LogP contribution in [0.2, 0.25) is 0 Å². The second-order valence-electron chi connectivity index (χ2n) is 8.90. The van der Waals surface area contributed by atoms with Crippen molar-refractivity contribution in [1.29, 1.82) is 0 Å². The Morgan fingerprint density at radius 1 is 0.973 bits per heavy atom. The molecule has 0 spiro atoms. The minimum atomic E-state index is -1.19. The summed E-state index contributed by atoms with van der Waals surface area (Å²) in [6.45, 7) is -0.628. The quantitative estimate of drug-likeness (QED) is 0.260. The minimum Gasteiger partial charge on any atom is -0.508 e. The van der Waals surface area contributed by atoms with Gasteiger partial charge in [-0.1, -0.05) is 24.3 Å². The third-order valence-electron chi connectivity index (χ3n) is 6.62. The number of phenolic OH excluding ortho intramolecular Hbond substituents is 2. The van der Waals surface area contributed by atoms with Crippen LogP contribution >= 0.6 is 0 Å². The summed E-state index contributed by atoms with van der Waals surface area (Å²) in [7, 11) is 1.41. The van der Waals surface area contributed by atoms with Crippen molar-refractivity contribution in [2.75, 3.05) is 26.9 Å². The molecule has 5 atom stereocenters. The number of rotatable bonds is 10. The monoisotopic (exact) mass is 510 g/mol. The molecule has 1 aliphatic heterocycles. The zero-order valence-electron chi connectivity index (χ0n) is 20.2. The Hall–Kier alpha value is -3.63. The molecule has 1 saturated heterocycles. The van der Waals surface area contributed by atoms with E-state index in [-0.39, 0.29) is 42.0 Å². The maximum atomic E-state index is 13.4. The fourth-order valence-electron chi connectivity index (χ4n) is 4.55. The van der Waals surface area contributed by atoms with E-state index < -0.39 is 36.8 Å². The molecule has 4 rings (SSSR count). The van der Waals surface area contributed by atoms with Crippen molar-refractivity contribution in [2.45, 2.75) is 18.3 Å². The number of Topliss-reactive ketones (excluding diaryl/α,β-unsaturated/α-hetero) is 1. The number of aliphatic hydroxyl groups excluding tert-OH is 3. The summed E-state index contributed by atoms with van der Waals surface area (Å²) in [5, 5.41) is 49.6. The number of methoxy groups -OCH3 is 1. The number of ether oxygens (including phenoxy) is 3. The summed E-state index contributed by atoms with van der Waals surface area (Å²) in [5.74, 6) is -0.683. The average molecular weight is 511 g/mol. The lowest BCUT2D eigenvalue weighted by Crippen LogP contribution is -2.29. The SMILES string of the molecule is COc1cc(C(=O)C2COC(c3ccc(O)cc3)C2CO)ccc1OC(CO)C(O)c1ccc(O)cc1. The number of carbonyl (C=O) groups excluding carboxylic acids is 1. The van der Waals surface area contributed by atoms with Crippen molar-refractivity contribution < 1.29 is 44.5 Å². The van der Waals surface area contributed by atoms with Gasteiger partial charge in [0.1, 0.15) is 17.6 Å². The molecule has 0 amide bonds. The fraction of sp³-hybridized carbons (Fsp3) is 0.321. The zero-order chi connectivity index (χ0) is 26.5. The van der Waals surface area contributed by atoms with Gasteiger partial charge in [-0.2, -0.15) is 0 Å². The summed E-state index contributed by atoms with van der Waals surface area (Å²) < 4.78 is 17.1. The van der Waals surface area contributed by atoms with Crippen LogP contribution in [0.3, 0.4) is 0 Å². The van der Waals surface area contributed by atoms with E-state index in [1.165, 1.54) is 55.6 Å². The highest BCUT2D eigenvalue weighted by Crippen LogP contribution is 2.41. The Kier molecular flexibility index (Phi) is 8.30. The highest BCUT2D eigenvalue weighted by atomic mass is 16.5. The number of carbonyl (C=O) groups is 1. The average Bonchev–Trinajstić information content (AvgIpc) is 3.36. The van der Waals surface area contributed by atoms with Crippen LogP contribution in [0.4, 0.5) is 0 Å². The van der Waals surface area contributed by atoms with E-state index in [0.29, 0.717) is 11.1 Å². The van der Waals surface area contributed by atoms with E-state index in [2.05, 4.69) is 0 Å². The Balaban J connectivity index is 1.51. The van der Waals surface area contributed by atoms with Crippen LogP contribution in [0.15, 0.2) is 66.7 Å². The van der Waals surface area contributed by atoms with Crippen LogP contribution in [-0.4, -0.2) is 64.4 Å². The molecule has 3 aromatic carbocycles. The maximum Gasteiger partial charge on any atom is 0.168 e. The predicted molar refractivity (Wildman–Crippen MR) is 133 cm³/mol. The maximum absolute atomic E-state index is 13.4. The minimum absolute atomic E-state index is 0.0461. The first-order chi connectivity index (χ1) is 17.9. The first-order valence-electron chi connectivity index (χ1n) is 11.8. The molecule has 196 valence electrons. The van der Waals surface area contributed by atoms with Crippen LogP contribution in [0.5, 0.6) is 23.0 Å². The standard InChI is InChI=1S/C28H30O9/c1-35-24-12-18(6-11-23(24)37-25(14-30)27(34)16-2-7-19(31)8-3-16)26(33)22-15-36-28(21(22)13-29)17-4-9-20(32)10-5-17/h2-12,21-22,25,27-32,34H,13-15H2,1H3. The summed E-state index contributed by atoms with van der Waals surface area (Å²) in [5.41, 5.74) is 1.54. The van der Waals surface area contributed by atoms with Gasteiger partial charge in [0.05, 0.1) is 32.3 Å². The molecule has 0 bridgehead atoms. The Morgan fingerprint density at radius 2 is 1.62 bits per heavy atom. The Labute approximate surface area is 214 Å². The van der Waals surface area contributed by atoms with Gasteiger partial charge in [-0.25, -0.2) is 0 Å². The topological polar surface area (TPSA) is 146 Å². The van der Waals surface area contributed by atoms with E-state index >= 15 is 0 Å².